The highest BCUT2D eigenvalue weighted by Gasteiger charge is 2.27. The lowest BCUT2D eigenvalue weighted by Gasteiger charge is -2.27. The zero-order valence-corrected chi connectivity index (χ0v) is 14.0. The van der Waals surface area contributed by atoms with Crippen molar-refractivity contribution in [2.24, 2.45) is 0 Å². The van der Waals surface area contributed by atoms with Gasteiger partial charge in [0, 0.05) is 31.0 Å². The molecular formula is C18H21N5O2. The van der Waals surface area contributed by atoms with Gasteiger partial charge < -0.3 is 10.2 Å². The van der Waals surface area contributed by atoms with E-state index < -0.39 is 0 Å². The van der Waals surface area contributed by atoms with Crippen molar-refractivity contribution < 1.29 is 9.59 Å². The summed E-state index contributed by atoms with van der Waals surface area (Å²) in [6.45, 7) is 1.74. The van der Waals surface area contributed by atoms with E-state index in [4.69, 9.17) is 0 Å². The summed E-state index contributed by atoms with van der Waals surface area (Å²) in [5.41, 5.74) is 2.44. The van der Waals surface area contributed by atoms with Crippen molar-refractivity contribution >= 4 is 11.8 Å². The first kappa shape index (κ1) is 15.8. The normalized spacial score (nSPS) is 16.4. The second-order valence-electron chi connectivity index (χ2n) is 6.64. The maximum Gasteiger partial charge on any atom is 0.254 e. The average Bonchev–Trinajstić information content (AvgIpc) is 3.37. The molecule has 0 radical (unpaired) electrons. The van der Waals surface area contributed by atoms with E-state index in [1.54, 1.807) is 0 Å². The lowest BCUT2D eigenvalue weighted by molar-refractivity contribution is -0.121. The van der Waals surface area contributed by atoms with Crippen molar-refractivity contribution in [2.75, 3.05) is 6.54 Å². The van der Waals surface area contributed by atoms with Gasteiger partial charge in [0.25, 0.3) is 5.91 Å². The zero-order valence-electron chi connectivity index (χ0n) is 14.0. The van der Waals surface area contributed by atoms with Gasteiger partial charge in [0.15, 0.2) is 0 Å². The number of aromatic nitrogens is 3. The highest BCUT2D eigenvalue weighted by Crippen LogP contribution is 2.20. The number of aryl methyl sites for hydroxylation is 1. The standard InChI is InChI=1S/C18H21N5O2/c24-17(19-14-6-7-14)9-8-15-16-12-22(10-11-23(16)21-20-15)18(25)13-4-2-1-3-5-13/h1-5,14H,6-12H2,(H,19,24). The van der Waals surface area contributed by atoms with Crippen LogP contribution in [0.3, 0.4) is 0 Å². The van der Waals surface area contributed by atoms with Crippen LogP contribution in [0, 0.1) is 0 Å². The van der Waals surface area contributed by atoms with Gasteiger partial charge in [-0.05, 0) is 25.0 Å². The lowest BCUT2D eigenvalue weighted by atomic mass is 10.1. The number of rotatable bonds is 5. The minimum atomic E-state index is 0.0190. The van der Waals surface area contributed by atoms with E-state index in [0.29, 0.717) is 44.1 Å². The molecule has 7 nitrogen and oxygen atoms in total. The van der Waals surface area contributed by atoms with Crippen LogP contribution in [-0.2, 0) is 24.3 Å². The fourth-order valence-corrected chi connectivity index (χ4v) is 3.09. The first-order valence-electron chi connectivity index (χ1n) is 8.75. The molecule has 0 atom stereocenters. The molecule has 0 unspecified atom stereocenters. The van der Waals surface area contributed by atoms with Gasteiger partial charge in [-0.25, -0.2) is 4.68 Å². The topological polar surface area (TPSA) is 80.1 Å². The number of fused-ring (bicyclic) bond motifs is 1. The van der Waals surface area contributed by atoms with Crippen LogP contribution < -0.4 is 5.32 Å². The predicted molar refractivity (Wildman–Crippen MR) is 90.7 cm³/mol. The Morgan fingerprint density at radius 1 is 1.16 bits per heavy atom. The minimum absolute atomic E-state index is 0.0190. The van der Waals surface area contributed by atoms with E-state index >= 15 is 0 Å². The third-order valence-corrected chi connectivity index (χ3v) is 4.68. The summed E-state index contributed by atoms with van der Waals surface area (Å²) in [5, 5.41) is 11.4. The summed E-state index contributed by atoms with van der Waals surface area (Å²) in [6, 6.07) is 9.67. The second kappa shape index (κ2) is 6.66. The number of hydrogen-bond acceptors (Lipinski definition) is 4. The van der Waals surface area contributed by atoms with E-state index in [0.717, 1.165) is 24.2 Å². The Bertz CT molecular complexity index is 782. The maximum absolute atomic E-state index is 12.6. The van der Waals surface area contributed by atoms with E-state index in [1.165, 1.54) is 0 Å². The quantitative estimate of drug-likeness (QED) is 0.886. The van der Waals surface area contributed by atoms with Crippen molar-refractivity contribution in [3.05, 3.63) is 47.3 Å². The molecule has 1 aromatic carbocycles. The molecule has 2 aliphatic rings. The highest BCUT2D eigenvalue weighted by atomic mass is 16.2. The third kappa shape index (κ3) is 3.55. The van der Waals surface area contributed by atoms with Gasteiger partial charge in [-0.3, -0.25) is 9.59 Å². The maximum atomic E-state index is 12.6. The van der Waals surface area contributed by atoms with Gasteiger partial charge in [0.1, 0.15) is 0 Å². The van der Waals surface area contributed by atoms with Crippen molar-refractivity contribution in [1.82, 2.24) is 25.2 Å². The van der Waals surface area contributed by atoms with Crippen LogP contribution in [0.4, 0.5) is 0 Å². The summed E-state index contributed by atoms with van der Waals surface area (Å²) in [5.74, 6) is 0.0859. The molecule has 130 valence electrons. The third-order valence-electron chi connectivity index (χ3n) is 4.68. The molecule has 1 saturated carbocycles. The van der Waals surface area contributed by atoms with Gasteiger partial charge in [-0.2, -0.15) is 0 Å². The molecule has 0 spiro atoms. The number of amides is 2. The van der Waals surface area contributed by atoms with Gasteiger partial charge >= 0.3 is 0 Å². The molecule has 1 aliphatic heterocycles. The number of nitrogens with one attached hydrogen (secondary N) is 1. The van der Waals surface area contributed by atoms with Crippen molar-refractivity contribution in [3.8, 4) is 0 Å². The molecule has 1 aliphatic carbocycles. The van der Waals surface area contributed by atoms with Crippen LogP contribution in [0.15, 0.2) is 30.3 Å². The van der Waals surface area contributed by atoms with Gasteiger partial charge in [-0.15, -0.1) is 5.10 Å². The SMILES string of the molecule is O=C(CCc1nnn2c1CN(C(=O)c1ccccc1)CC2)NC1CC1. The van der Waals surface area contributed by atoms with Crippen LogP contribution >= 0.6 is 0 Å². The fourth-order valence-electron chi connectivity index (χ4n) is 3.09. The average molecular weight is 339 g/mol. The Hall–Kier alpha value is -2.70. The van der Waals surface area contributed by atoms with E-state index in [9.17, 15) is 9.59 Å². The minimum Gasteiger partial charge on any atom is -0.353 e. The number of carbonyl (C=O) groups excluding carboxylic acids is 2. The highest BCUT2D eigenvalue weighted by molar-refractivity contribution is 5.94. The molecule has 7 heteroatoms. The second-order valence-corrected chi connectivity index (χ2v) is 6.64. The number of nitrogens with zero attached hydrogens (tertiary/aromatic N) is 4. The summed E-state index contributed by atoms with van der Waals surface area (Å²) in [6.07, 6.45) is 3.14. The first-order valence-corrected chi connectivity index (χ1v) is 8.75. The van der Waals surface area contributed by atoms with Crippen molar-refractivity contribution in [1.29, 1.82) is 0 Å². The molecule has 1 fully saturated rings. The van der Waals surface area contributed by atoms with Gasteiger partial charge in [0.2, 0.25) is 5.91 Å². The number of carbonyl (C=O) groups is 2. The lowest BCUT2D eigenvalue weighted by Crippen LogP contribution is -2.38. The smallest absolute Gasteiger partial charge is 0.254 e. The molecule has 1 N–H and O–H groups in total. The van der Waals surface area contributed by atoms with Crippen molar-refractivity contribution in [2.45, 2.75) is 44.8 Å². The van der Waals surface area contributed by atoms with Crippen LogP contribution in [0.1, 0.15) is 41.0 Å². The first-order chi connectivity index (χ1) is 12.2. The van der Waals surface area contributed by atoms with Crippen LogP contribution in [-0.4, -0.2) is 44.3 Å². The molecule has 4 rings (SSSR count). The summed E-state index contributed by atoms with van der Waals surface area (Å²) in [4.78, 5) is 26.4. The Balaban J connectivity index is 1.42. The van der Waals surface area contributed by atoms with Crippen molar-refractivity contribution in [3.63, 3.8) is 0 Å². The molecular weight excluding hydrogens is 318 g/mol. The van der Waals surface area contributed by atoms with Crippen LogP contribution in [0.2, 0.25) is 0 Å². The molecule has 2 amide bonds. The largest absolute Gasteiger partial charge is 0.353 e. The number of benzene rings is 1. The summed E-state index contributed by atoms with van der Waals surface area (Å²) < 4.78 is 1.85. The summed E-state index contributed by atoms with van der Waals surface area (Å²) in [7, 11) is 0. The summed E-state index contributed by atoms with van der Waals surface area (Å²) >= 11 is 0. The predicted octanol–water partition coefficient (Wildman–Crippen LogP) is 1.15. The van der Waals surface area contributed by atoms with Gasteiger partial charge in [-0.1, -0.05) is 23.4 Å². The fraction of sp³-hybridized carbons (Fsp3) is 0.444. The Morgan fingerprint density at radius 2 is 1.96 bits per heavy atom. The Morgan fingerprint density at radius 3 is 2.72 bits per heavy atom. The molecule has 25 heavy (non-hydrogen) atoms. The van der Waals surface area contributed by atoms with E-state index in [2.05, 4.69) is 15.6 Å². The Kier molecular flexibility index (Phi) is 4.21. The Labute approximate surface area is 146 Å². The molecule has 2 heterocycles. The van der Waals surface area contributed by atoms with Crippen LogP contribution in [0.5, 0.6) is 0 Å². The van der Waals surface area contributed by atoms with Crippen LogP contribution in [0.25, 0.3) is 0 Å². The van der Waals surface area contributed by atoms with Gasteiger partial charge in [0.05, 0.1) is 24.5 Å². The zero-order chi connectivity index (χ0) is 17.2. The van der Waals surface area contributed by atoms with E-state index in [-0.39, 0.29) is 11.8 Å². The molecule has 1 aromatic heterocycles. The number of hydrogen-bond donors (Lipinski definition) is 1. The van der Waals surface area contributed by atoms with E-state index in [1.807, 2.05) is 39.9 Å². The monoisotopic (exact) mass is 339 g/mol. The molecule has 2 aromatic rings. The molecule has 0 saturated heterocycles. The molecule has 0 bridgehead atoms.